The highest BCUT2D eigenvalue weighted by molar-refractivity contribution is 9.10. The maximum absolute atomic E-state index is 11.4. The van der Waals surface area contributed by atoms with E-state index in [1.54, 1.807) is 62.2 Å². The van der Waals surface area contributed by atoms with E-state index in [4.69, 9.17) is 18.1 Å². The predicted molar refractivity (Wildman–Crippen MR) is 180 cm³/mol. The number of pyridine rings is 2. The molecule has 0 unspecified atom stereocenters. The van der Waals surface area contributed by atoms with E-state index in [0.29, 0.717) is 33.3 Å². The predicted octanol–water partition coefficient (Wildman–Crippen LogP) is 5.08. The second-order valence-electron chi connectivity index (χ2n) is 11.6. The Kier molecular flexibility index (Phi) is 9.56. The lowest BCUT2D eigenvalue weighted by Gasteiger charge is -2.32. The van der Waals surface area contributed by atoms with Crippen LogP contribution in [0.3, 0.4) is 0 Å². The van der Waals surface area contributed by atoms with Gasteiger partial charge in [-0.25, -0.2) is 9.59 Å². The molecular formula is C33H30BBrN4O8. The van der Waals surface area contributed by atoms with E-state index in [1.165, 1.54) is 4.57 Å². The van der Waals surface area contributed by atoms with Gasteiger partial charge in [-0.3, -0.25) is 29.1 Å². The van der Waals surface area contributed by atoms with Gasteiger partial charge in [-0.2, -0.15) is 0 Å². The molecule has 0 saturated carbocycles. The molecule has 0 atom stereocenters. The van der Waals surface area contributed by atoms with Gasteiger partial charge in [0, 0.05) is 53.0 Å². The third-order valence-corrected chi connectivity index (χ3v) is 8.65. The number of nitrogens with zero attached hydrogens (tertiary/aromatic N) is 3. The van der Waals surface area contributed by atoms with E-state index in [9.17, 15) is 19.2 Å². The van der Waals surface area contributed by atoms with Crippen molar-refractivity contribution in [2.45, 2.75) is 38.9 Å². The van der Waals surface area contributed by atoms with Gasteiger partial charge in [0.2, 0.25) is 0 Å². The number of nitrogens with one attached hydrogen (secondary N) is 1. The monoisotopic (exact) mass is 700 g/mol. The van der Waals surface area contributed by atoms with Crippen molar-refractivity contribution >= 4 is 63.3 Å². The number of rotatable bonds is 4. The number of aromatic nitrogens is 4. The molecule has 0 aliphatic carbocycles. The smallest absolute Gasteiger partial charge is 0.408 e. The van der Waals surface area contributed by atoms with E-state index < -0.39 is 18.6 Å². The quantitative estimate of drug-likeness (QED) is 0.194. The molecule has 240 valence electrons. The highest BCUT2D eigenvalue weighted by atomic mass is 79.9. The van der Waals surface area contributed by atoms with Crippen molar-refractivity contribution in [1.29, 1.82) is 0 Å². The normalized spacial score (nSPS) is 14.6. The number of halogens is 1. The van der Waals surface area contributed by atoms with Crippen LogP contribution in [0.2, 0.25) is 0 Å². The Balaban J connectivity index is 0.000000148. The summed E-state index contributed by atoms with van der Waals surface area (Å²) in [6, 6.07) is 14.0. The number of benzene rings is 2. The lowest BCUT2D eigenvalue weighted by molar-refractivity contribution is 0.00578. The summed E-state index contributed by atoms with van der Waals surface area (Å²) in [5, 5.41) is 0. The number of hydrogen-bond acceptors (Lipinski definition) is 10. The van der Waals surface area contributed by atoms with E-state index in [0.717, 1.165) is 33.6 Å². The number of oxazole rings is 2. The number of carbonyl (C=O) groups is 2. The Hall–Kier alpha value is -4.92. The minimum atomic E-state index is -0.457. The molecular weight excluding hydrogens is 671 g/mol. The van der Waals surface area contributed by atoms with Crippen LogP contribution in [0.4, 0.5) is 0 Å². The molecule has 7 rings (SSSR count). The van der Waals surface area contributed by atoms with Crippen LogP contribution >= 0.6 is 15.9 Å². The van der Waals surface area contributed by atoms with Crippen molar-refractivity contribution in [3.63, 3.8) is 0 Å². The maximum Gasteiger partial charge on any atom is 0.494 e. The van der Waals surface area contributed by atoms with Crippen molar-refractivity contribution in [2.24, 2.45) is 7.05 Å². The van der Waals surface area contributed by atoms with Gasteiger partial charge in [0.05, 0.1) is 22.2 Å². The molecule has 5 heterocycles. The third kappa shape index (κ3) is 7.09. The standard InChI is InChI=1S/C14H10N2O3.C13H16BNO4.C6H4BrNO/c1-16-12-6-9(2-3-13(12)19-14(16)18)11-7-15-5-4-10(11)8-17;1-12(2)13(3,4)19-14(18-12)8-5-6-10-9(7-8)15-11(16)17-10;7-6-3-8-2-1-5(6)4-9/h2-8H,1H3;5-7H,1-4H3,(H,15,16);1-4H. The summed E-state index contributed by atoms with van der Waals surface area (Å²) in [6.45, 7) is 8.02. The number of fused-ring (bicyclic) bond motifs is 2. The summed E-state index contributed by atoms with van der Waals surface area (Å²) in [5.74, 6) is -0.866. The number of H-pyrrole nitrogens is 1. The van der Waals surface area contributed by atoms with E-state index in [1.807, 2.05) is 45.9 Å². The first-order chi connectivity index (χ1) is 22.3. The van der Waals surface area contributed by atoms with Gasteiger partial charge in [0.25, 0.3) is 0 Å². The zero-order valence-corrected chi connectivity index (χ0v) is 27.7. The van der Waals surface area contributed by atoms with Crippen molar-refractivity contribution < 1.29 is 27.7 Å². The van der Waals surface area contributed by atoms with Crippen LogP contribution in [0.1, 0.15) is 48.4 Å². The van der Waals surface area contributed by atoms with Gasteiger partial charge in [0.1, 0.15) is 0 Å². The van der Waals surface area contributed by atoms with Gasteiger partial charge in [-0.05, 0) is 91.0 Å². The maximum atomic E-state index is 11.4. The number of aldehydes is 2. The fourth-order valence-electron chi connectivity index (χ4n) is 4.62. The Bertz CT molecular complexity index is 2180. The number of carbonyl (C=O) groups excluding carboxylic acids is 2. The van der Waals surface area contributed by atoms with Crippen LogP contribution in [0.5, 0.6) is 0 Å². The molecule has 0 amide bonds. The highest BCUT2D eigenvalue weighted by Crippen LogP contribution is 2.36. The van der Waals surface area contributed by atoms with Crippen LogP contribution in [-0.4, -0.2) is 50.4 Å². The number of hydrogen-bond donors (Lipinski definition) is 1. The van der Waals surface area contributed by atoms with Crippen molar-refractivity contribution in [3.05, 3.63) is 110 Å². The van der Waals surface area contributed by atoms with Crippen LogP contribution in [0.15, 0.2) is 96.2 Å². The summed E-state index contributed by atoms with van der Waals surface area (Å²) in [7, 11) is 1.20. The van der Waals surface area contributed by atoms with Crippen molar-refractivity contribution in [3.8, 4) is 11.1 Å². The average molecular weight is 701 g/mol. The topological polar surface area (TPSA) is 160 Å². The van der Waals surface area contributed by atoms with E-state index >= 15 is 0 Å². The summed E-state index contributed by atoms with van der Waals surface area (Å²) in [6.07, 6.45) is 7.93. The van der Waals surface area contributed by atoms with E-state index in [2.05, 4.69) is 30.9 Å². The molecule has 1 aliphatic heterocycles. The van der Waals surface area contributed by atoms with Crippen LogP contribution in [-0.2, 0) is 16.4 Å². The largest absolute Gasteiger partial charge is 0.494 e. The molecule has 1 saturated heterocycles. The fourth-order valence-corrected chi connectivity index (χ4v) is 4.96. The van der Waals surface area contributed by atoms with Gasteiger partial charge in [-0.1, -0.05) is 12.1 Å². The summed E-state index contributed by atoms with van der Waals surface area (Å²) in [5.41, 5.74) is 5.23. The van der Waals surface area contributed by atoms with Gasteiger partial charge in [0.15, 0.2) is 23.7 Å². The zero-order valence-electron chi connectivity index (χ0n) is 26.1. The number of aryl methyl sites for hydroxylation is 1. The summed E-state index contributed by atoms with van der Waals surface area (Å²) < 4.78 is 24.1. The molecule has 47 heavy (non-hydrogen) atoms. The van der Waals surface area contributed by atoms with Crippen LogP contribution < -0.4 is 17.0 Å². The Labute approximate surface area is 277 Å². The second-order valence-corrected chi connectivity index (χ2v) is 12.4. The minimum absolute atomic E-state index is 0.379. The van der Waals surface area contributed by atoms with Crippen LogP contribution in [0, 0.1) is 0 Å². The van der Waals surface area contributed by atoms with Crippen molar-refractivity contribution in [2.75, 3.05) is 0 Å². The third-order valence-electron chi connectivity index (χ3n) is 7.98. The van der Waals surface area contributed by atoms with Gasteiger partial charge in [-0.15, -0.1) is 0 Å². The van der Waals surface area contributed by atoms with Gasteiger partial charge < -0.3 is 18.1 Å². The molecule has 6 aromatic rings. The summed E-state index contributed by atoms with van der Waals surface area (Å²) >= 11 is 3.16. The SMILES string of the molecule is CC1(C)OB(c2ccc3oc(=O)[nH]c3c2)OC1(C)C.Cn1c(=O)oc2ccc(-c3cnccc3C=O)cc21.O=Cc1ccncc1Br. The molecule has 0 bridgehead atoms. The highest BCUT2D eigenvalue weighted by Gasteiger charge is 2.51. The zero-order chi connectivity index (χ0) is 33.9. The summed E-state index contributed by atoms with van der Waals surface area (Å²) in [4.78, 5) is 54.2. The number of aromatic amines is 1. The lowest BCUT2D eigenvalue weighted by Crippen LogP contribution is -2.41. The lowest BCUT2D eigenvalue weighted by atomic mass is 9.79. The Morgan fingerprint density at radius 3 is 2.11 bits per heavy atom. The Morgan fingerprint density at radius 2 is 1.47 bits per heavy atom. The molecule has 0 spiro atoms. The minimum Gasteiger partial charge on any atom is -0.408 e. The van der Waals surface area contributed by atoms with Crippen molar-refractivity contribution in [1.82, 2.24) is 19.5 Å². The molecule has 1 fully saturated rings. The van der Waals surface area contributed by atoms with E-state index in [-0.39, 0.29) is 11.2 Å². The molecule has 0 radical (unpaired) electrons. The first-order valence-corrected chi connectivity index (χ1v) is 15.1. The fraction of sp³-hybridized carbons (Fsp3) is 0.212. The molecule has 1 N–H and O–H groups in total. The first kappa shape index (κ1) is 33.4. The molecule has 1 aliphatic rings. The Morgan fingerprint density at radius 1 is 0.830 bits per heavy atom. The molecule has 2 aromatic carbocycles. The van der Waals surface area contributed by atoms with Gasteiger partial charge >= 0.3 is 18.6 Å². The first-order valence-electron chi connectivity index (χ1n) is 14.4. The molecule has 12 nitrogen and oxygen atoms in total. The average Bonchev–Trinajstić information content (AvgIpc) is 3.64. The molecule has 14 heteroatoms. The van der Waals surface area contributed by atoms with Crippen LogP contribution in [0.25, 0.3) is 33.3 Å². The second kappa shape index (κ2) is 13.4. The molecule has 4 aromatic heterocycles.